The van der Waals surface area contributed by atoms with E-state index in [2.05, 4.69) is 75.6 Å². The van der Waals surface area contributed by atoms with E-state index < -0.39 is 8.32 Å². The molecule has 1 N–H and O–H groups in total. The van der Waals surface area contributed by atoms with E-state index in [-0.39, 0.29) is 5.04 Å². The molecule has 0 radical (unpaired) electrons. The monoisotopic (exact) mass is 354 g/mol. The standard InChI is InChI=1S/C21H30N2OSi/c1-21(2,3)25(4,5)24-15-16-13-20-19(22-14-16)12-11-18(23-20)17-9-7-6-8-10-17/h6-12,16,22H,13-15H2,1-5H3. The van der Waals surface area contributed by atoms with Crippen LogP contribution in [0.4, 0.5) is 5.69 Å². The fourth-order valence-corrected chi connectivity index (χ4v) is 3.93. The van der Waals surface area contributed by atoms with Gasteiger partial charge in [0, 0.05) is 24.6 Å². The van der Waals surface area contributed by atoms with Crippen molar-refractivity contribution in [2.45, 2.75) is 45.3 Å². The second-order valence-corrected chi connectivity index (χ2v) is 13.4. The maximum absolute atomic E-state index is 6.43. The summed E-state index contributed by atoms with van der Waals surface area (Å²) in [7, 11) is -1.69. The number of pyridine rings is 1. The van der Waals surface area contributed by atoms with Gasteiger partial charge < -0.3 is 9.74 Å². The first kappa shape index (κ1) is 18.1. The Morgan fingerprint density at radius 3 is 2.52 bits per heavy atom. The van der Waals surface area contributed by atoms with Crippen LogP contribution in [-0.4, -0.2) is 26.5 Å². The molecule has 134 valence electrons. The van der Waals surface area contributed by atoms with Gasteiger partial charge in [0.15, 0.2) is 8.32 Å². The van der Waals surface area contributed by atoms with E-state index in [1.165, 1.54) is 11.3 Å². The van der Waals surface area contributed by atoms with Crippen molar-refractivity contribution in [3.8, 4) is 11.3 Å². The average molecular weight is 355 g/mol. The minimum Gasteiger partial charge on any atom is -0.416 e. The molecule has 1 atom stereocenters. The fraction of sp³-hybridized carbons (Fsp3) is 0.476. The smallest absolute Gasteiger partial charge is 0.191 e. The molecule has 2 aromatic rings. The van der Waals surface area contributed by atoms with Crippen molar-refractivity contribution in [1.82, 2.24) is 4.98 Å². The number of nitrogens with one attached hydrogen (secondary N) is 1. The molecule has 0 saturated heterocycles. The van der Waals surface area contributed by atoms with E-state index in [9.17, 15) is 0 Å². The van der Waals surface area contributed by atoms with Crippen molar-refractivity contribution in [1.29, 1.82) is 0 Å². The minimum atomic E-state index is -1.69. The highest BCUT2D eigenvalue weighted by Crippen LogP contribution is 2.37. The summed E-state index contributed by atoms with van der Waals surface area (Å²) in [6.45, 7) is 13.3. The molecular weight excluding hydrogens is 324 g/mol. The molecule has 0 spiro atoms. The third-order valence-corrected chi connectivity index (χ3v) is 10.1. The van der Waals surface area contributed by atoms with Crippen LogP contribution in [0.1, 0.15) is 26.5 Å². The number of anilines is 1. The van der Waals surface area contributed by atoms with Gasteiger partial charge in [-0.05, 0) is 36.7 Å². The van der Waals surface area contributed by atoms with Gasteiger partial charge in [-0.3, -0.25) is 4.98 Å². The molecule has 2 heterocycles. The number of aromatic nitrogens is 1. The van der Waals surface area contributed by atoms with Gasteiger partial charge in [-0.15, -0.1) is 0 Å². The van der Waals surface area contributed by atoms with Crippen LogP contribution in [0.2, 0.25) is 18.1 Å². The second-order valence-electron chi connectivity index (χ2n) is 8.58. The summed E-state index contributed by atoms with van der Waals surface area (Å²) >= 11 is 0. The Morgan fingerprint density at radius 1 is 1.12 bits per heavy atom. The highest BCUT2D eigenvalue weighted by molar-refractivity contribution is 6.74. The van der Waals surface area contributed by atoms with Crippen molar-refractivity contribution in [3.63, 3.8) is 0 Å². The molecule has 3 nitrogen and oxygen atoms in total. The third kappa shape index (κ3) is 4.13. The van der Waals surface area contributed by atoms with Crippen molar-refractivity contribution < 1.29 is 4.43 Å². The van der Waals surface area contributed by atoms with Crippen LogP contribution in [0.15, 0.2) is 42.5 Å². The lowest BCUT2D eigenvalue weighted by Gasteiger charge is -2.38. The van der Waals surface area contributed by atoms with Crippen LogP contribution < -0.4 is 5.32 Å². The van der Waals surface area contributed by atoms with Crippen LogP contribution in [0, 0.1) is 5.92 Å². The van der Waals surface area contributed by atoms with Gasteiger partial charge in [0.1, 0.15) is 0 Å². The predicted octanol–water partition coefficient (Wildman–Crippen LogP) is 5.35. The van der Waals surface area contributed by atoms with Gasteiger partial charge in [0.2, 0.25) is 0 Å². The van der Waals surface area contributed by atoms with Crippen LogP contribution >= 0.6 is 0 Å². The SMILES string of the molecule is CC(C)(C)[Si](C)(C)OCC1CNc2ccc(-c3ccccc3)nc2C1. The molecule has 0 fully saturated rings. The van der Waals surface area contributed by atoms with Crippen LogP contribution in [0.3, 0.4) is 0 Å². The lowest BCUT2D eigenvalue weighted by molar-refractivity contribution is 0.230. The molecule has 1 aliphatic rings. The van der Waals surface area contributed by atoms with E-state index >= 15 is 0 Å². The van der Waals surface area contributed by atoms with Gasteiger partial charge in [0.05, 0.1) is 17.1 Å². The van der Waals surface area contributed by atoms with E-state index in [1.54, 1.807) is 0 Å². The summed E-state index contributed by atoms with van der Waals surface area (Å²) in [4.78, 5) is 4.92. The second kappa shape index (κ2) is 6.93. The number of hydrogen-bond donors (Lipinski definition) is 1. The summed E-state index contributed by atoms with van der Waals surface area (Å²) in [6.07, 6.45) is 0.984. The number of fused-ring (bicyclic) bond motifs is 1. The summed E-state index contributed by atoms with van der Waals surface area (Å²) in [5, 5.41) is 3.79. The number of hydrogen-bond acceptors (Lipinski definition) is 3. The minimum absolute atomic E-state index is 0.256. The number of benzene rings is 1. The summed E-state index contributed by atoms with van der Waals surface area (Å²) in [5.41, 5.74) is 4.55. The summed E-state index contributed by atoms with van der Waals surface area (Å²) < 4.78 is 6.43. The van der Waals surface area contributed by atoms with Gasteiger partial charge in [-0.25, -0.2) is 0 Å². The lowest BCUT2D eigenvalue weighted by Crippen LogP contribution is -2.43. The quantitative estimate of drug-likeness (QED) is 0.751. The number of rotatable bonds is 4. The van der Waals surface area contributed by atoms with Crippen LogP contribution in [-0.2, 0) is 10.8 Å². The van der Waals surface area contributed by atoms with Crippen molar-refractivity contribution in [2.75, 3.05) is 18.5 Å². The maximum atomic E-state index is 6.43. The molecule has 25 heavy (non-hydrogen) atoms. The van der Waals surface area contributed by atoms with Gasteiger partial charge in [-0.2, -0.15) is 0 Å². The van der Waals surface area contributed by atoms with E-state index in [1.807, 2.05) is 6.07 Å². The summed E-state index contributed by atoms with van der Waals surface area (Å²) in [6, 6.07) is 14.7. The van der Waals surface area contributed by atoms with Gasteiger partial charge in [0.25, 0.3) is 0 Å². The Morgan fingerprint density at radius 2 is 1.84 bits per heavy atom. The van der Waals surface area contributed by atoms with E-state index in [0.717, 1.165) is 31.0 Å². The number of nitrogens with zero attached hydrogens (tertiary/aromatic N) is 1. The van der Waals surface area contributed by atoms with Gasteiger partial charge in [-0.1, -0.05) is 51.1 Å². The molecule has 0 aliphatic carbocycles. The van der Waals surface area contributed by atoms with Crippen molar-refractivity contribution in [2.24, 2.45) is 5.92 Å². The Kier molecular flexibility index (Phi) is 5.03. The van der Waals surface area contributed by atoms with E-state index in [0.29, 0.717) is 5.92 Å². The molecule has 0 bridgehead atoms. The van der Waals surface area contributed by atoms with Crippen LogP contribution in [0.25, 0.3) is 11.3 Å². The fourth-order valence-electron chi connectivity index (χ4n) is 2.85. The zero-order valence-electron chi connectivity index (χ0n) is 16.1. The first-order chi connectivity index (χ1) is 11.8. The Labute approximate surface area is 153 Å². The van der Waals surface area contributed by atoms with Crippen LogP contribution in [0.5, 0.6) is 0 Å². The predicted molar refractivity (Wildman–Crippen MR) is 109 cm³/mol. The largest absolute Gasteiger partial charge is 0.416 e. The van der Waals surface area contributed by atoms with Gasteiger partial charge >= 0.3 is 0 Å². The zero-order chi connectivity index (χ0) is 18.1. The van der Waals surface area contributed by atoms with Crippen molar-refractivity contribution >= 4 is 14.0 Å². The molecule has 1 unspecified atom stereocenters. The summed E-state index contributed by atoms with van der Waals surface area (Å²) in [5.74, 6) is 0.486. The Balaban J connectivity index is 1.70. The average Bonchev–Trinajstić information content (AvgIpc) is 2.59. The molecule has 1 aromatic heterocycles. The molecule has 1 aliphatic heterocycles. The highest BCUT2D eigenvalue weighted by atomic mass is 28.4. The molecule has 0 saturated carbocycles. The third-order valence-electron chi connectivity index (χ3n) is 5.59. The van der Waals surface area contributed by atoms with Crippen molar-refractivity contribution in [3.05, 3.63) is 48.2 Å². The molecule has 1 aromatic carbocycles. The topological polar surface area (TPSA) is 34.1 Å². The Hall–Kier alpha value is -1.65. The zero-order valence-corrected chi connectivity index (χ0v) is 17.1. The highest BCUT2D eigenvalue weighted by Gasteiger charge is 2.37. The molecule has 3 rings (SSSR count). The lowest BCUT2D eigenvalue weighted by atomic mass is 9.98. The molecular formula is C21H30N2OSi. The maximum Gasteiger partial charge on any atom is 0.191 e. The molecule has 4 heteroatoms. The first-order valence-electron chi connectivity index (χ1n) is 9.19. The van der Waals surface area contributed by atoms with E-state index in [4.69, 9.17) is 9.41 Å². The molecule has 0 amide bonds. The first-order valence-corrected chi connectivity index (χ1v) is 12.1. The Bertz CT molecular complexity index is 722. The normalized spacial score (nSPS) is 17.7.